The van der Waals surface area contributed by atoms with Crippen molar-refractivity contribution in [2.24, 2.45) is 0 Å². The van der Waals surface area contributed by atoms with Crippen molar-refractivity contribution in [1.29, 1.82) is 0 Å². The van der Waals surface area contributed by atoms with Crippen LogP contribution in [0.15, 0.2) is 72.8 Å². The van der Waals surface area contributed by atoms with Gasteiger partial charge < -0.3 is 21.1 Å². The normalized spacial score (nSPS) is 11.0. The van der Waals surface area contributed by atoms with Gasteiger partial charge in [-0.25, -0.2) is 4.79 Å². The number of rotatable bonds is 4. The summed E-state index contributed by atoms with van der Waals surface area (Å²) in [5.74, 6) is -0.194. The van der Waals surface area contributed by atoms with Crippen LogP contribution in [0.5, 0.6) is 5.75 Å². The Bertz CT molecular complexity index is 976. The molecular formula is C20H16F3N3O2. The van der Waals surface area contributed by atoms with Crippen LogP contribution in [0.4, 0.5) is 40.7 Å². The maximum atomic E-state index is 12.7. The lowest BCUT2D eigenvalue weighted by atomic mass is 10.2. The number of nitrogens with one attached hydrogen (secondary N) is 3. The van der Waals surface area contributed by atoms with Crippen molar-refractivity contribution in [2.45, 2.75) is 6.18 Å². The molecule has 0 aliphatic rings. The average Bonchev–Trinajstić information content (AvgIpc) is 2.64. The molecule has 0 bridgehead atoms. The number of urea groups is 1. The summed E-state index contributed by atoms with van der Waals surface area (Å²) in [6.07, 6.45) is -4.51. The number of phenols is 1. The summed E-state index contributed by atoms with van der Waals surface area (Å²) in [6, 6.07) is 17.3. The van der Waals surface area contributed by atoms with Crippen molar-refractivity contribution in [3.05, 3.63) is 78.4 Å². The molecule has 0 spiro atoms. The number of halogens is 3. The summed E-state index contributed by atoms with van der Waals surface area (Å²) in [5, 5.41) is 17.9. The first-order chi connectivity index (χ1) is 13.3. The van der Waals surface area contributed by atoms with Crippen molar-refractivity contribution in [2.75, 3.05) is 16.0 Å². The fourth-order valence-corrected chi connectivity index (χ4v) is 2.46. The molecule has 28 heavy (non-hydrogen) atoms. The van der Waals surface area contributed by atoms with Crippen molar-refractivity contribution in [1.82, 2.24) is 0 Å². The van der Waals surface area contributed by atoms with Crippen molar-refractivity contribution in [3.63, 3.8) is 0 Å². The smallest absolute Gasteiger partial charge is 0.416 e. The van der Waals surface area contributed by atoms with Crippen LogP contribution >= 0.6 is 0 Å². The quantitative estimate of drug-likeness (QED) is 0.428. The number of carbonyl (C=O) groups is 1. The zero-order valence-electron chi connectivity index (χ0n) is 14.4. The standard InChI is InChI=1S/C20H16F3N3O2/c21-20(22,23)13-5-4-8-15(11-13)25-19(28)26-17-10-9-16(12-18(17)27)24-14-6-2-1-3-7-14/h1-12,24,27H,(H2,25,26,28). The number of hydrogen-bond acceptors (Lipinski definition) is 3. The molecule has 5 nitrogen and oxygen atoms in total. The van der Waals surface area contributed by atoms with Gasteiger partial charge in [0, 0.05) is 23.1 Å². The Hall–Kier alpha value is -3.68. The molecule has 0 fully saturated rings. The molecule has 3 aromatic rings. The average molecular weight is 387 g/mol. The molecule has 4 N–H and O–H groups in total. The third-order valence-corrected chi connectivity index (χ3v) is 3.76. The molecule has 2 amide bonds. The number of carbonyl (C=O) groups excluding carboxylic acids is 1. The van der Waals surface area contributed by atoms with Gasteiger partial charge in [0.05, 0.1) is 11.3 Å². The summed E-state index contributed by atoms with van der Waals surface area (Å²) < 4.78 is 38.2. The van der Waals surface area contributed by atoms with Crippen LogP contribution in [0.1, 0.15) is 5.56 Å². The third kappa shape index (κ3) is 4.94. The Morgan fingerprint density at radius 2 is 1.50 bits per heavy atom. The first-order valence-corrected chi connectivity index (χ1v) is 8.21. The van der Waals surface area contributed by atoms with Gasteiger partial charge in [0.25, 0.3) is 0 Å². The molecule has 144 valence electrons. The molecule has 8 heteroatoms. The molecule has 3 aromatic carbocycles. The topological polar surface area (TPSA) is 73.4 Å². The van der Waals surface area contributed by atoms with E-state index in [2.05, 4.69) is 16.0 Å². The Morgan fingerprint density at radius 1 is 0.786 bits per heavy atom. The molecule has 0 radical (unpaired) electrons. The summed E-state index contributed by atoms with van der Waals surface area (Å²) in [5.41, 5.74) is 0.652. The third-order valence-electron chi connectivity index (χ3n) is 3.76. The molecular weight excluding hydrogens is 371 g/mol. The fourth-order valence-electron chi connectivity index (χ4n) is 2.46. The van der Waals surface area contributed by atoms with Gasteiger partial charge in [-0.2, -0.15) is 13.2 Å². The van der Waals surface area contributed by atoms with Crippen molar-refractivity contribution in [3.8, 4) is 5.75 Å². The maximum absolute atomic E-state index is 12.7. The molecule has 0 saturated carbocycles. The fraction of sp³-hybridized carbons (Fsp3) is 0.0500. The van der Waals surface area contributed by atoms with Gasteiger partial charge in [0.1, 0.15) is 5.75 Å². The lowest BCUT2D eigenvalue weighted by Crippen LogP contribution is -2.20. The van der Waals surface area contributed by atoms with Crippen LogP contribution in [0.2, 0.25) is 0 Å². The Kier molecular flexibility index (Phi) is 5.39. The highest BCUT2D eigenvalue weighted by Crippen LogP contribution is 2.31. The zero-order chi connectivity index (χ0) is 20.1. The second kappa shape index (κ2) is 7.91. The zero-order valence-corrected chi connectivity index (χ0v) is 14.4. The van der Waals surface area contributed by atoms with E-state index >= 15 is 0 Å². The second-order valence-electron chi connectivity index (χ2n) is 5.88. The lowest BCUT2D eigenvalue weighted by molar-refractivity contribution is -0.137. The van der Waals surface area contributed by atoms with E-state index in [9.17, 15) is 23.1 Å². The largest absolute Gasteiger partial charge is 0.506 e. The number of phenolic OH excluding ortho intramolecular Hbond substituents is 1. The minimum Gasteiger partial charge on any atom is -0.506 e. The number of benzene rings is 3. The van der Waals surface area contributed by atoms with Crippen LogP contribution in [0, 0.1) is 0 Å². The SMILES string of the molecule is O=C(Nc1cccc(C(F)(F)F)c1)Nc1ccc(Nc2ccccc2)cc1O. The Morgan fingerprint density at radius 3 is 2.18 bits per heavy atom. The van der Waals surface area contributed by atoms with Gasteiger partial charge in [-0.15, -0.1) is 0 Å². The highest BCUT2D eigenvalue weighted by atomic mass is 19.4. The van der Waals surface area contributed by atoms with E-state index < -0.39 is 17.8 Å². The van der Waals surface area contributed by atoms with Crippen LogP contribution in [-0.2, 0) is 6.18 Å². The number of amides is 2. The monoisotopic (exact) mass is 387 g/mol. The summed E-state index contributed by atoms with van der Waals surface area (Å²) in [4.78, 5) is 12.0. The van der Waals surface area contributed by atoms with E-state index in [1.165, 1.54) is 24.3 Å². The van der Waals surface area contributed by atoms with E-state index in [1.54, 1.807) is 6.07 Å². The van der Waals surface area contributed by atoms with Gasteiger partial charge in [-0.05, 0) is 42.5 Å². The van der Waals surface area contributed by atoms with E-state index in [0.29, 0.717) is 5.69 Å². The van der Waals surface area contributed by atoms with Gasteiger partial charge in [0.15, 0.2) is 0 Å². The Balaban J connectivity index is 1.66. The number of alkyl halides is 3. The molecule has 0 aliphatic heterocycles. The number of para-hydroxylation sites is 1. The predicted octanol–water partition coefficient (Wildman–Crippen LogP) is 5.80. The second-order valence-corrected chi connectivity index (χ2v) is 5.88. The van der Waals surface area contributed by atoms with E-state index in [0.717, 1.165) is 17.8 Å². The predicted molar refractivity (Wildman–Crippen MR) is 102 cm³/mol. The van der Waals surface area contributed by atoms with Crippen LogP contribution in [0.25, 0.3) is 0 Å². The molecule has 0 heterocycles. The first kappa shape index (κ1) is 19.1. The summed E-state index contributed by atoms with van der Waals surface area (Å²) in [6.45, 7) is 0. The molecule has 3 rings (SSSR count). The number of aromatic hydroxyl groups is 1. The number of hydrogen-bond donors (Lipinski definition) is 4. The minimum absolute atomic E-state index is 0.0193. The van der Waals surface area contributed by atoms with Gasteiger partial charge in [-0.3, -0.25) is 0 Å². The minimum atomic E-state index is -4.51. The summed E-state index contributed by atoms with van der Waals surface area (Å²) >= 11 is 0. The van der Waals surface area contributed by atoms with Gasteiger partial charge in [-0.1, -0.05) is 24.3 Å². The highest BCUT2D eigenvalue weighted by Gasteiger charge is 2.30. The molecule has 0 saturated heterocycles. The van der Waals surface area contributed by atoms with E-state index in [-0.39, 0.29) is 17.1 Å². The molecule has 0 aromatic heterocycles. The van der Waals surface area contributed by atoms with Gasteiger partial charge >= 0.3 is 12.2 Å². The van der Waals surface area contributed by atoms with Gasteiger partial charge in [0.2, 0.25) is 0 Å². The van der Waals surface area contributed by atoms with E-state index in [4.69, 9.17) is 0 Å². The van der Waals surface area contributed by atoms with E-state index in [1.807, 2.05) is 30.3 Å². The maximum Gasteiger partial charge on any atom is 0.416 e. The first-order valence-electron chi connectivity index (χ1n) is 8.21. The van der Waals surface area contributed by atoms with Crippen molar-refractivity contribution < 1.29 is 23.1 Å². The molecule has 0 unspecified atom stereocenters. The molecule has 0 aliphatic carbocycles. The Labute approximate surface area is 158 Å². The molecule has 0 atom stereocenters. The van der Waals surface area contributed by atoms with Crippen LogP contribution in [0.3, 0.4) is 0 Å². The van der Waals surface area contributed by atoms with Crippen molar-refractivity contribution >= 4 is 28.8 Å². The number of anilines is 4. The van der Waals surface area contributed by atoms with Crippen LogP contribution in [-0.4, -0.2) is 11.1 Å². The lowest BCUT2D eigenvalue weighted by Gasteiger charge is -2.12. The highest BCUT2D eigenvalue weighted by molar-refractivity contribution is 6.00. The summed E-state index contributed by atoms with van der Waals surface area (Å²) in [7, 11) is 0. The van der Waals surface area contributed by atoms with Crippen LogP contribution < -0.4 is 16.0 Å².